The Balaban J connectivity index is 1.14. The zero-order valence-electron chi connectivity index (χ0n) is 32.2. The molecule has 60 heavy (non-hydrogen) atoms. The van der Waals surface area contributed by atoms with Gasteiger partial charge in [-0.2, -0.15) is 0 Å². The van der Waals surface area contributed by atoms with Crippen LogP contribution < -0.4 is 0 Å². The van der Waals surface area contributed by atoms with E-state index in [1.165, 1.54) is 32.3 Å². The van der Waals surface area contributed by atoms with Crippen LogP contribution >= 0.6 is 0 Å². The van der Waals surface area contributed by atoms with Crippen molar-refractivity contribution in [2.45, 2.75) is 0 Å². The molecule has 0 spiro atoms. The van der Waals surface area contributed by atoms with Crippen LogP contribution in [-0.4, -0.2) is 19.5 Å². The van der Waals surface area contributed by atoms with Crippen molar-refractivity contribution in [3.8, 4) is 39.9 Å². The standard InChI is InChI=1S/C55H32N4O/c1-3-14-36-27-40(23-21-33(36)11-1)53-56-54(41-24-22-34-12-2-4-15-37(34)28-41)58-55(57-53)42-30-47-45-26-25-35-13-7-8-18-43(35)51(45)60-52(47)50(32-42)59-48-20-10-9-19-44(48)46-29-38-16-5-6-17-39(38)31-49(46)59/h1-32H. The average Bonchev–Trinajstić information content (AvgIpc) is 3.85. The molecular formula is C55H32N4O. The van der Waals surface area contributed by atoms with Crippen LogP contribution in [0.2, 0.25) is 0 Å². The highest BCUT2D eigenvalue weighted by Crippen LogP contribution is 2.43. The lowest BCUT2D eigenvalue weighted by atomic mass is 10.0. The van der Waals surface area contributed by atoms with E-state index < -0.39 is 0 Å². The molecule has 0 aliphatic heterocycles. The maximum Gasteiger partial charge on any atom is 0.164 e. The predicted octanol–water partition coefficient (Wildman–Crippen LogP) is 14.5. The molecule has 0 aliphatic carbocycles. The number of hydrogen-bond acceptors (Lipinski definition) is 4. The van der Waals surface area contributed by atoms with Gasteiger partial charge in [0.25, 0.3) is 0 Å². The summed E-state index contributed by atoms with van der Waals surface area (Å²) in [5.41, 5.74) is 7.50. The minimum atomic E-state index is 0.584. The Morgan fingerprint density at radius 2 is 0.817 bits per heavy atom. The van der Waals surface area contributed by atoms with Gasteiger partial charge in [0.1, 0.15) is 5.58 Å². The van der Waals surface area contributed by atoms with Crippen LogP contribution in [0.3, 0.4) is 0 Å². The molecule has 10 aromatic carbocycles. The highest BCUT2D eigenvalue weighted by molar-refractivity contribution is 6.19. The zero-order valence-corrected chi connectivity index (χ0v) is 32.2. The van der Waals surface area contributed by atoms with Gasteiger partial charge < -0.3 is 8.98 Å². The van der Waals surface area contributed by atoms with Crippen LogP contribution in [0, 0.1) is 0 Å². The van der Waals surface area contributed by atoms with Crippen LogP contribution in [0.15, 0.2) is 199 Å². The number of nitrogens with zero attached hydrogens (tertiary/aromatic N) is 4. The monoisotopic (exact) mass is 764 g/mol. The number of rotatable bonds is 4. The smallest absolute Gasteiger partial charge is 0.164 e. The largest absolute Gasteiger partial charge is 0.453 e. The molecule has 3 aromatic heterocycles. The van der Waals surface area contributed by atoms with Crippen LogP contribution in [0.5, 0.6) is 0 Å². The molecule has 5 heteroatoms. The molecule has 0 saturated heterocycles. The van der Waals surface area contributed by atoms with Crippen molar-refractivity contribution in [1.82, 2.24) is 19.5 Å². The number of furan rings is 1. The van der Waals surface area contributed by atoms with Crippen LogP contribution in [0.25, 0.3) is 127 Å². The summed E-state index contributed by atoms with van der Waals surface area (Å²) < 4.78 is 9.46. The molecule has 0 atom stereocenters. The van der Waals surface area contributed by atoms with Crippen molar-refractivity contribution in [1.29, 1.82) is 0 Å². The molecule has 13 rings (SSSR count). The molecule has 0 bridgehead atoms. The van der Waals surface area contributed by atoms with E-state index in [9.17, 15) is 0 Å². The Morgan fingerprint density at radius 3 is 1.48 bits per heavy atom. The average molecular weight is 765 g/mol. The zero-order chi connectivity index (χ0) is 39.3. The van der Waals surface area contributed by atoms with E-state index >= 15 is 0 Å². The van der Waals surface area contributed by atoms with Gasteiger partial charge in [-0.25, -0.2) is 15.0 Å². The van der Waals surface area contributed by atoms with Gasteiger partial charge in [-0.3, -0.25) is 0 Å². The normalized spacial score (nSPS) is 12.0. The molecule has 0 radical (unpaired) electrons. The molecule has 278 valence electrons. The van der Waals surface area contributed by atoms with E-state index in [2.05, 4.69) is 199 Å². The first kappa shape index (κ1) is 32.9. The van der Waals surface area contributed by atoms with Gasteiger partial charge >= 0.3 is 0 Å². The maximum atomic E-state index is 7.09. The third-order valence-electron chi connectivity index (χ3n) is 12.1. The lowest BCUT2D eigenvalue weighted by Gasteiger charge is -2.13. The molecule has 0 unspecified atom stereocenters. The van der Waals surface area contributed by atoms with Crippen molar-refractivity contribution in [2.75, 3.05) is 0 Å². The van der Waals surface area contributed by atoms with Crippen molar-refractivity contribution >= 4 is 86.8 Å². The summed E-state index contributed by atoms with van der Waals surface area (Å²) in [5, 5.41) is 13.6. The third-order valence-corrected chi connectivity index (χ3v) is 12.1. The second kappa shape index (κ2) is 12.7. The summed E-state index contributed by atoms with van der Waals surface area (Å²) in [4.78, 5) is 15.8. The van der Waals surface area contributed by atoms with Gasteiger partial charge in [-0.05, 0) is 86.2 Å². The van der Waals surface area contributed by atoms with Crippen LogP contribution in [-0.2, 0) is 0 Å². The Morgan fingerprint density at radius 1 is 0.300 bits per heavy atom. The lowest BCUT2D eigenvalue weighted by Crippen LogP contribution is -2.01. The van der Waals surface area contributed by atoms with Gasteiger partial charge in [-0.15, -0.1) is 0 Å². The molecule has 5 nitrogen and oxygen atoms in total. The van der Waals surface area contributed by atoms with E-state index in [1.807, 2.05) is 0 Å². The summed E-state index contributed by atoms with van der Waals surface area (Å²) in [6.45, 7) is 0. The minimum absolute atomic E-state index is 0.584. The van der Waals surface area contributed by atoms with Crippen molar-refractivity contribution in [3.05, 3.63) is 194 Å². The Labute approximate surface area is 343 Å². The van der Waals surface area contributed by atoms with E-state index in [-0.39, 0.29) is 0 Å². The molecule has 0 amide bonds. The topological polar surface area (TPSA) is 56.7 Å². The van der Waals surface area contributed by atoms with Crippen molar-refractivity contribution < 1.29 is 4.42 Å². The van der Waals surface area contributed by atoms with Gasteiger partial charge in [0, 0.05) is 43.6 Å². The summed E-state index contributed by atoms with van der Waals surface area (Å²) in [6, 6.07) is 68.7. The Hall–Kier alpha value is -8.15. The van der Waals surface area contributed by atoms with Gasteiger partial charge in [-0.1, -0.05) is 146 Å². The van der Waals surface area contributed by atoms with Gasteiger partial charge in [0.05, 0.1) is 16.7 Å². The SMILES string of the molecule is c1ccc2cc(-c3nc(-c4ccc5ccccc5c4)nc(-c4cc(-n5c6ccccc6c6cc7ccccc7cc65)c5oc6c7ccccc7ccc6c5c4)n3)ccc2c1. The van der Waals surface area contributed by atoms with E-state index in [1.54, 1.807) is 0 Å². The Bertz CT molecular complexity index is 3820. The van der Waals surface area contributed by atoms with Gasteiger partial charge in [0.15, 0.2) is 23.1 Å². The number of para-hydroxylation sites is 1. The fourth-order valence-corrected chi connectivity index (χ4v) is 9.22. The first-order valence-electron chi connectivity index (χ1n) is 20.3. The summed E-state index contributed by atoms with van der Waals surface area (Å²) >= 11 is 0. The highest BCUT2D eigenvalue weighted by Gasteiger charge is 2.23. The molecular weight excluding hydrogens is 733 g/mol. The van der Waals surface area contributed by atoms with Crippen molar-refractivity contribution in [3.63, 3.8) is 0 Å². The summed E-state index contributed by atoms with van der Waals surface area (Å²) in [5.74, 6) is 1.81. The molecule has 0 N–H and O–H groups in total. The quantitative estimate of drug-likeness (QED) is 0.179. The summed E-state index contributed by atoms with van der Waals surface area (Å²) in [6.07, 6.45) is 0. The first-order chi connectivity index (χ1) is 29.7. The Kier molecular flexibility index (Phi) is 6.95. The molecule has 13 aromatic rings. The highest BCUT2D eigenvalue weighted by atomic mass is 16.3. The first-order valence-corrected chi connectivity index (χ1v) is 20.3. The van der Waals surface area contributed by atoms with Gasteiger partial charge in [0.2, 0.25) is 0 Å². The van der Waals surface area contributed by atoms with Crippen LogP contribution in [0.4, 0.5) is 0 Å². The fraction of sp³-hybridized carbons (Fsp3) is 0. The number of fused-ring (bicyclic) bond motifs is 11. The molecule has 0 aliphatic rings. The number of aromatic nitrogens is 4. The predicted molar refractivity (Wildman–Crippen MR) is 248 cm³/mol. The summed E-state index contributed by atoms with van der Waals surface area (Å²) in [7, 11) is 0. The van der Waals surface area contributed by atoms with E-state index in [0.717, 1.165) is 76.9 Å². The fourth-order valence-electron chi connectivity index (χ4n) is 9.22. The number of benzene rings is 10. The maximum absolute atomic E-state index is 7.09. The van der Waals surface area contributed by atoms with E-state index in [0.29, 0.717) is 17.5 Å². The second-order valence-corrected chi connectivity index (χ2v) is 15.6. The minimum Gasteiger partial charge on any atom is -0.453 e. The van der Waals surface area contributed by atoms with Crippen LogP contribution in [0.1, 0.15) is 0 Å². The molecule has 0 saturated carbocycles. The number of hydrogen-bond donors (Lipinski definition) is 0. The molecule has 0 fully saturated rings. The molecule has 3 heterocycles. The van der Waals surface area contributed by atoms with E-state index in [4.69, 9.17) is 19.4 Å². The second-order valence-electron chi connectivity index (χ2n) is 15.6. The lowest BCUT2D eigenvalue weighted by molar-refractivity contribution is 0.670. The third kappa shape index (κ3) is 5.03. The van der Waals surface area contributed by atoms with Crippen molar-refractivity contribution in [2.24, 2.45) is 0 Å².